The number of ether oxygens (including phenoxy) is 1. The maximum Gasteiger partial charge on any atom is 0.224 e. The Labute approximate surface area is 193 Å². The molecule has 5 atom stereocenters. The van der Waals surface area contributed by atoms with Gasteiger partial charge in [-0.1, -0.05) is 58.4 Å². The summed E-state index contributed by atoms with van der Waals surface area (Å²) in [6, 6.07) is 16.6. The summed E-state index contributed by atoms with van der Waals surface area (Å²) in [5.74, 6) is -2.17. The van der Waals surface area contributed by atoms with Gasteiger partial charge < -0.3 is 20.7 Å². The number of amides is 1. The van der Waals surface area contributed by atoms with Gasteiger partial charge in [0.05, 0.1) is 12.1 Å². The highest BCUT2D eigenvalue weighted by Crippen LogP contribution is 2.68. The largest absolute Gasteiger partial charge is 0.475 e. The van der Waals surface area contributed by atoms with Gasteiger partial charge in [-0.3, -0.25) is 9.48 Å². The molecule has 4 N–H and O–H groups in total. The molecular formula is C24H24BrN3O4. The van der Waals surface area contributed by atoms with Crippen LogP contribution in [0.25, 0.3) is 0 Å². The minimum atomic E-state index is -1.99. The zero-order chi connectivity index (χ0) is 22.8. The molecule has 8 heteroatoms. The Morgan fingerprint density at radius 2 is 1.84 bits per heavy atom. The Balaban J connectivity index is 1.83. The number of aliphatic hydroxyl groups excluding tert-OH is 1. The summed E-state index contributed by atoms with van der Waals surface area (Å²) < 4.78 is 9.11. The molecule has 3 aromatic rings. The average Bonchev–Trinajstić information content (AvgIpc) is 3.35. The zero-order valence-electron chi connectivity index (χ0n) is 17.6. The monoisotopic (exact) mass is 497 g/mol. The predicted octanol–water partition coefficient (Wildman–Crippen LogP) is 2.96. The van der Waals surface area contributed by atoms with Crippen molar-refractivity contribution in [1.29, 1.82) is 0 Å². The average molecular weight is 498 g/mol. The molecule has 1 aliphatic heterocycles. The van der Waals surface area contributed by atoms with E-state index in [1.165, 1.54) is 0 Å². The third-order valence-electron chi connectivity index (χ3n) is 6.75. The first kappa shape index (κ1) is 21.2. The van der Waals surface area contributed by atoms with Crippen LogP contribution in [0.15, 0.2) is 65.3 Å². The third-order valence-corrected chi connectivity index (χ3v) is 7.28. The van der Waals surface area contributed by atoms with E-state index < -0.39 is 35.0 Å². The van der Waals surface area contributed by atoms with Gasteiger partial charge in [-0.05, 0) is 37.1 Å². The maximum atomic E-state index is 12.7. The van der Waals surface area contributed by atoms with Crippen LogP contribution in [0.3, 0.4) is 0 Å². The van der Waals surface area contributed by atoms with Crippen molar-refractivity contribution in [1.82, 2.24) is 9.78 Å². The molecule has 1 aromatic heterocycles. The predicted molar refractivity (Wildman–Crippen MR) is 121 cm³/mol. The van der Waals surface area contributed by atoms with Crippen LogP contribution in [0.1, 0.15) is 42.6 Å². The first-order valence-electron chi connectivity index (χ1n) is 10.5. The molecule has 2 aliphatic rings. The standard InChI is InChI=1S/C24H24BrN3O4/c1-13(2)28-12-17-20(27-28)23(31)21(29)18(22(26)30)19(14-6-4-3-5-7-14)24(23,32-17)15-8-10-16(25)11-9-15/h3-13,18-19,21,29,31H,1-2H3,(H2,26,30)/t18-,19-,21-,23+,24+/m1/s1. The van der Waals surface area contributed by atoms with Crippen LogP contribution >= 0.6 is 15.9 Å². The van der Waals surface area contributed by atoms with Gasteiger partial charge >= 0.3 is 0 Å². The van der Waals surface area contributed by atoms with E-state index in [1.54, 1.807) is 10.9 Å². The van der Waals surface area contributed by atoms with Crippen molar-refractivity contribution in [2.75, 3.05) is 0 Å². The lowest BCUT2D eigenvalue weighted by Gasteiger charge is -2.40. The smallest absolute Gasteiger partial charge is 0.224 e. The molecule has 5 rings (SSSR count). The highest BCUT2D eigenvalue weighted by Gasteiger charge is 2.78. The van der Waals surface area contributed by atoms with Gasteiger partial charge in [0, 0.05) is 16.4 Å². The number of aliphatic hydroxyl groups is 2. The van der Waals surface area contributed by atoms with E-state index in [9.17, 15) is 15.0 Å². The second-order valence-corrected chi connectivity index (χ2v) is 9.70. The van der Waals surface area contributed by atoms with Gasteiger partial charge in [-0.25, -0.2) is 0 Å². The van der Waals surface area contributed by atoms with Crippen molar-refractivity contribution in [3.05, 3.63) is 82.1 Å². The molecule has 0 spiro atoms. The molecule has 166 valence electrons. The molecular weight excluding hydrogens is 474 g/mol. The molecule has 32 heavy (non-hydrogen) atoms. The van der Waals surface area contributed by atoms with E-state index in [0.29, 0.717) is 11.3 Å². The molecule has 0 unspecified atom stereocenters. The van der Waals surface area contributed by atoms with Crippen LogP contribution in [-0.4, -0.2) is 32.0 Å². The number of primary amides is 1. The van der Waals surface area contributed by atoms with E-state index in [1.807, 2.05) is 68.4 Å². The number of carbonyl (C=O) groups is 1. The summed E-state index contributed by atoms with van der Waals surface area (Å²) in [5, 5.41) is 28.4. The van der Waals surface area contributed by atoms with Crippen LogP contribution in [0.4, 0.5) is 0 Å². The van der Waals surface area contributed by atoms with Crippen LogP contribution in [0.5, 0.6) is 5.75 Å². The van der Waals surface area contributed by atoms with Gasteiger partial charge in [-0.2, -0.15) is 5.10 Å². The Hall–Kier alpha value is -2.68. The van der Waals surface area contributed by atoms with Crippen molar-refractivity contribution < 1.29 is 19.7 Å². The number of nitrogens with zero attached hydrogens (tertiary/aromatic N) is 2. The molecule has 1 fully saturated rings. The molecule has 0 bridgehead atoms. The van der Waals surface area contributed by atoms with E-state index in [-0.39, 0.29) is 11.7 Å². The summed E-state index contributed by atoms with van der Waals surface area (Å²) in [5.41, 5.74) is 3.89. The van der Waals surface area contributed by atoms with Crippen molar-refractivity contribution in [3.63, 3.8) is 0 Å². The number of rotatable bonds is 4. The van der Waals surface area contributed by atoms with E-state index in [4.69, 9.17) is 10.5 Å². The molecule has 0 radical (unpaired) electrons. The van der Waals surface area contributed by atoms with E-state index in [0.717, 1.165) is 10.0 Å². The number of hydrogen-bond donors (Lipinski definition) is 3. The van der Waals surface area contributed by atoms with Crippen LogP contribution in [-0.2, 0) is 16.0 Å². The van der Waals surface area contributed by atoms with Crippen LogP contribution < -0.4 is 10.5 Å². The van der Waals surface area contributed by atoms with E-state index in [2.05, 4.69) is 21.0 Å². The molecule has 2 heterocycles. The van der Waals surface area contributed by atoms with Crippen molar-refractivity contribution >= 4 is 21.8 Å². The number of hydrogen-bond acceptors (Lipinski definition) is 5. The maximum absolute atomic E-state index is 12.7. The molecule has 7 nitrogen and oxygen atoms in total. The SMILES string of the molecule is CC(C)n1cc2c(n1)[C@]1(O)[C@H](O)[C@H](C(N)=O)[C@@H](c3ccccc3)[C@]1(c1ccc(Br)cc1)O2. The Morgan fingerprint density at radius 1 is 1.19 bits per heavy atom. The number of carbonyl (C=O) groups excluding carboxylic acids is 1. The van der Waals surface area contributed by atoms with Crippen LogP contribution in [0.2, 0.25) is 0 Å². The minimum absolute atomic E-state index is 0.0188. The molecule has 2 aromatic carbocycles. The topological polar surface area (TPSA) is 111 Å². The van der Waals surface area contributed by atoms with Gasteiger partial charge in [0.1, 0.15) is 11.8 Å². The highest BCUT2D eigenvalue weighted by atomic mass is 79.9. The lowest BCUT2D eigenvalue weighted by Crippen LogP contribution is -2.52. The van der Waals surface area contributed by atoms with Crippen molar-refractivity contribution in [2.45, 2.75) is 43.1 Å². The highest BCUT2D eigenvalue weighted by molar-refractivity contribution is 9.10. The molecule has 1 aliphatic carbocycles. The Kier molecular flexibility index (Phi) is 4.74. The molecule has 1 amide bonds. The van der Waals surface area contributed by atoms with Gasteiger partial charge in [0.25, 0.3) is 0 Å². The fourth-order valence-electron chi connectivity index (χ4n) is 5.34. The first-order chi connectivity index (χ1) is 15.2. The van der Waals surface area contributed by atoms with E-state index >= 15 is 0 Å². The summed E-state index contributed by atoms with van der Waals surface area (Å²) in [6.07, 6.45) is 0.205. The Bertz CT molecular complexity index is 1180. The Morgan fingerprint density at radius 3 is 2.44 bits per heavy atom. The second-order valence-electron chi connectivity index (χ2n) is 8.79. The number of benzene rings is 2. The normalized spacial score (nSPS) is 30.8. The quantitative estimate of drug-likeness (QED) is 0.513. The van der Waals surface area contributed by atoms with Gasteiger partial charge in [0.2, 0.25) is 5.91 Å². The van der Waals surface area contributed by atoms with Gasteiger partial charge in [-0.15, -0.1) is 0 Å². The zero-order valence-corrected chi connectivity index (χ0v) is 19.2. The summed E-state index contributed by atoms with van der Waals surface area (Å²) >= 11 is 3.45. The third kappa shape index (κ3) is 2.60. The lowest BCUT2D eigenvalue weighted by molar-refractivity contribution is -0.156. The van der Waals surface area contributed by atoms with Crippen LogP contribution in [0, 0.1) is 5.92 Å². The van der Waals surface area contributed by atoms with Gasteiger partial charge in [0.15, 0.2) is 17.0 Å². The number of fused-ring (bicyclic) bond motifs is 3. The summed E-state index contributed by atoms with van der Waals surface area (Å²) in [7, 11) is 0. The lowest BCUT2D eigenvalue weighted by atomic mass is 9.71. The minimum Gasteiger partial charge on any atom is -0.475 e. The van der Waals surface area contributed by atoms with Crippen molar-refractivity contribution in [3.8, 4) is 5.75 Å². The molecule has 0 saturated heterocycles. The number of halogens is 1. The number of aromatic nitrogens is 2. The first-order valence-corrected chi connectivity index (χ1v) is 11.3. The summed E-state index contributed by atoms with van der Waals surface area (Å²) in [4.78, 5) is 12.7. The second kappa shape index (κ2) is 7.16. The summed E-state index contributed by atoms with van der Waals surface area (Å²) in [6.45, 7) is 3.91. The fourth-order valence-corrected chi connectivity index (χ4v) is 5.60. The fraction of sp³-hybridized carbons (Fsp3) is 0.333. The number of nitrogens with two attached hydrogens (primary N) is 1. The molecule has 1 saturated carbocycles. The van der Waals surface area contributed by atoms with Crippen molar-refractivity contribution in [2.24, 2.45) is 11.7 Å².